The van der Waals surface area contributed by atoms with Crippen LogP contribution in [0.15, 0.2) is 79.0 Å². The molecule has 5 aromatic rings. The van der Waals surface area contributed by atoms with E-state index in [2.05, 4.69) is 20.6 Å². The molecule has 0 saturated carbocycles. The number of carbonyl (C=O) groups excluding carboxylic acids is 2. The van der Waals surface area contributed by atoms with Gasteiger partial charge in [0.15, 0.2) is 0 Å². The van der Waals surface area contributed by atoms with Crippen molar-refractivity contribution in [1.82, 2.24) is 9.97 Å². The number of halogens is 3. The molecule has 0 aliphatic heterocycles. The van der Waals surface area contributed by atoms with Gasteiger partial charge in [-0.15, -0.1) is 0 Å². The van der Waals surface area contributed by atoms with E-state index in [-0.39, 0.29) is 28.9 Å². The third-order valence-corrected chi connectivity index (χ3v) is 6.67. The highest BCUT2D eigenvalue weighted by atomic mass is 19.4. The Balaban J connectivity index is 1.63. The average Bonchev–Trinajstić information content (AvgIpc) is 2.97. The first-order valence-corrected chi connectivity index (χ1v) is 12.8. The Kier molecular flexibility index (Phi) is 7.53. The Morgan fingerprint density at radius 1 is 0.953 bits per heavy atom. The summed E-state index contributed by atoms with van der Waals surface area (Å²) in [5.74, 6) is -1.16. The summed E-state index contributed by atoms with van der Waals surface area (Å²) in [7, 11) is 0. The molecule has 11 heteroatoms. The quantitative estimate of drug-likeness (QED) is 0.204. The number of amides is 2. The monoisotopic (exact) mass is 581 g/mol. The number of alkyl halides is 3. The summed E-state index contributed by atoms with van der Waals surface area (Å²) in [6.07, 6.45) is -3.08. The van der Waals surface area contributed by atoms with Crippen LogP contribution in [0.3, 0.4) is 0 Å². The number of nitrogens with zero attached hydrogens (tertiary/aromatic N) is 3. The first-order chi connectivity index (χ1) is 20.4. The van der Waals surface area contributed by atoms with E-state index < -0.39 is 17.6 Å². The van der Waals surface area contributed by atoms with Gasteiger partial charge in [0.25, 0.3) is 5.91 Å². The van der Waals surface area contributed by atoms with Crippen molar-refractivity contribution in [1.29, 1.82) is 5.26 Å². The molecule has 0 bridgehead atoms. The molecule has 5 rings (SSSR count). The highest BCUT2D eigenvalue weighted by molar-refractivity contribution is 6.07. The smallest absolute Gasteiger partial charge is 0.416 e. The van der Waals surface area contributed by atoms with Crippen molar-refractivity contribution in [3.8, 4) is 34.1 Å². The first kappa shape index (κ1) is 28.8. The minimum atomic E-state index is -4.56. The predicted molar refractivity (Wildman–Crippen MR) is 155 cm³/mol. The number of carbonyl (C=O) groups is 2. The molecule has 0 aliphatic carbocycles. The van der Waals surface area contributed by atoms with Gasteiger partial charge in [-0.25, -0.2) is 9.97 Å². The maximum Gasteiger partial charge on any atom is 0.416 e. The van der Waals surface area contributed by atoms with E-state index >= 15 is 0 Å². The number of aryl methyl sites for hydroxylation is 1. The Bertz CT molecular complexity index is 1950. The van der Waals surface area contributed by atoms with Crippen molar-refractivity contribution >= 4 is 34.4 Å². The van der Waals surface area contributed by atoms with E-state index in [9.17, 15) is 33.1 Å². The van der Waals surface area contributed by atoms with Gasteiger partial charge in [0.2, 0.25) is 11.9 Å². The molecule has 2 amide bonds. The van der Waals surface area contributed by atoms with Gasteiger partial charge >= 0.3 is 6.18 Å². The van der Waals surface area contributed by atoms with Crippen LogP contribution in [-0.4, -0.2) is 26.9 Å². The van der Waals surface area contributed by atoms with Crippen LogP contribution in [0.5, 0.6) is 5.75 Å². The van der Waals surface area contributed by atoms with Gasteiger partial charge in [0.05, 0.1) is 28.3 Å². The minimum absolute atomic E-state index is 0.0225. The van der Waals surface area contributed by atoms with E-state index in [1.807, 2.05) is 6.07 Å². The number of hydrogen-bond donors (Lipinski definition) is 3. The largest absolute Gasteiger partial charge is 0.507 e. The number of phenols is 1. The van der Waals surface area contributed by atoms with Crippen LogP contribution in [0.2, 0.25) is 0 Å². The third-order valence-electron chi connectivity index (χ3n) is 6.67. The fourth-order valence-corrected chi connectivity index (χ4v) is 4.61. The van der Waals surface area contributed by atoms with Gasteiger partial charge in [-0.3, -0.25) is 14.9 Å². The second kappa shape index (κ2) is 11.3. The maximum absolute atomic E-state index is 13.2. The molecule has 1 aromatic heterocycles. The number of nitrogens with one attached hydrogen (secondary N) is 2. The Labute approximate surface area is 243 Å². The molecule has 0 radical (unpaired) electrons. The molecule has 0 unspecified atom stereocenters. The van der Waals surface area contributed by atoms with E-state index in [0.29, 0.717) is 44.3 Å². The number of benzene rings is 4. The summed E-state index contributed by atoms with van der Waals surface area (Å²) in [5.41, 5.74) is 2.35. The van der Waals surface area contributed by atoms with Crippen LogP contribution in [0, 0.1) is 18.3 Å². The number of aromatic nitrogens is 2. The van der Waals surface area contributed by atoms with E-state index in [0.717, 1.165) is 12.1 Å². The summed E-state index contributed by atoms with van der Waals surface area (Å²) in [5, 5.41) is 26.4. The molecule has 1 heterocycles. The van der Waals surface area contributed by atoms with Crippen molar-refractivity contribution < 1.29 is 27.9 Å². The Hall–Kier alpha value is -5.76. The zero-order chi connectivity index (χ0) is 30.9. The highest BCUT2D eigenvalue weighted by Gasteiger charge is 2.30. The first-order valence-electron chi connectivity index (χ1n) is 12.8. The van der Waals surface area contributed by atoms with Gasteiger partial charge in [-0.2, -0.15) is 18.4 Å². The lowest BCUT2D eigenvalue weighted by molar-refractivity contribution is -0.137. The zero-order valence-corrected chi connectivity index (χ0v) is 22.7. The Morgan fingerprint density at radius 2 is 1.70 bits per heavy atom. The lowest BCUT2D eigenvalue weighted by Gasteiger charge is -2.17. The van der Waals surface area contributed by atoms with Crippen LogP contribution in [0.4, 0.5) is 24.8 Å². The summed E-state index contributed by atoms with van der Waals surface area (Å²) in [4.78, 5) is 33.4. The molecule has 0 fully saturated rings. The van der Waals surface area contributed by atoms with Gasteiger partial charge in [-0.05, 0) is 72.1 Å². The van der Waals surface area contributed by atoms with Gasteiger partial charge in [-0.1, -0.05) is 24.3 Å². The van der Waals surface area contributed by atoms with E-state index in [1.54, 1.807) is 43.3 Å². The average molecular weight is 582 g/mol. The second-order valence-electron chi connectivity index (χ2n) is 9.71. The lowest BCUT2D eigenvalue weighted by atomic mass is 9.91. The molecule has 0 spiro atoms. The number of rotatable bonds is 5. The van der Waals surface area contributed by atoms with Crippen LogP contribution in [0.1, 0.15) is 34.0 Å². The lowest BCUT2D eigenvalue weighted by Crippen LogP contribution is -2.13. The number of fused-ring (bicyclic) bond motifs is 1. The fraction of sp³-hybridized carbons (Fsp3) is 0.0938. The number of nitriles is 1. The van der Waals surface area contributed by atoms with E-state index in [4.69, 9.17) is 0 Å². The summed E-state index contributed by atoms with van der Waals surface area (Å²) in [6, 6.07) is 19.2. The number of anilines is 2. The molecular formula is C32H22F3N5O3. The van der Waals surface area contributed by atoms with Crippen LogP contribution < -0.4 is 10.6 Å². The van der Waals surface area contributed by atoms with E-state index in [1.165, 1.54) is 37.4 Å². The molecule has 0 atom stereocenters. The molecule has 3 N–H and O–H groups in total. The maximum atomic E-state index is 13.2. The van der Waals surface area contributed by atoms with Crippen molar-refractivity contribution in [2.45, 2.75) is 20.0 Å². The highest BCUT2D eigenvalue weighted by Crippen LogP contribution is 2.44. The minimum Gasteiger partial charge on any atom is -0.507 e. The van der Waals surface area contributed by atoms with Crippen molar-refractivity contribution in [2.24, 2.45) is 0 Å². The van der Waals surface area contributed by atoms with Crippen LogP contribution in [0.25, 0.3) is 33.2 Å². The molecule has 0 aliphatic rings. The fourth-order valence-electron chi connectivity index (χ4n) is 4.61. The van der Waals surface area contributed by atoms with Gasteiger partial charge < -0.3 is 10.4 Å². The van der Waals surface area contributed by atoms with Gasteiger partial charge in [0.1, 0.15) is 5.75 Å². The SMILES string of the molecule is CC(=O)Nc1ncc2cc(-c3cc(C(=O)Nc4cccc(C(F)(F)F)c4)ccc3C)c(O)c(-c3ccc(C#N)cc3)c2n1. The standard InChI is InChI=1S/C32H22F3N5O3/c1-17-6-9-21(30(43)39-24-5-3-4-23(14-24)32(33,34)35)12-25(17)26-13-22-16-37-31(38-18(2)41)40-28(22)27(29(26)42)20-10-7-19(15-36)8-11-20/h3-14,16,42H,1-2H3,(H,39,43)(H,37,38,40,41). The molecule has 43 heavy (non-hydrogen) atoms. The van der Waals surface area contributed by atoms with Crippen molar-refractivity contribution in [3.63, 3.8) is 0 Å². The number of aromatic hydroxyl groups is 1. The third kappa shape index (κ3) is 5.99. The summed E-state index contributed by atoms with van der Waals surface area (Å²) in [6.45, 7) is 3.10. The number of hydrogen-bond acceptors (Lipinski definition) is 6. The molecule has 8 nitrogen and oxygen atoms in total. The Morgan fingerprint density at radius 3 is 2.37 bits per heavy atom. The van der Waals surface area contributed by atoms with Gasteiger partial charge in [0, 0.05) is 35.3 Å². The van der Waals surface area contributed by atoms with Crippen molar-refractivity contribution in [3.05, 3.63) is 101 Å². The summed E-state index contributed by atoms with van der Waals surface area (Å²) < 4.78 is 39.5. The summed E-state index contributed by atoms with van der Waals surface area (Å²) >= 11 is 0. The zero-order valence-electron chi connectivity index (χ0n) is 22.7. The molecular weight excluding hydrogens is 559 g/mol. The van der Waals surface area contributed by atoms with Crippen LogP contribution in [-0.2, 0) is 11.0 Å². The van der Waals surface area contributed by atoms with Crippen molar-refractivity contribution in [2.75, 3.05) is 10.6 Å². The second-order valence-corrected chi connectivity index (χ2v) is 9.71. The van der Waals surface area contributed by atoms with Crippen LogP contribution >= 0.6 is 0 Å². The molecule has 4 aromatic carbocycles. The molecule has 0 saturated heterocycles. The number of phenolic OH excluding ortho intramolecular Hbond substituents is 1. The molecule has 214 valence electrons. The topological polar surface area (TPSA) is 128 Å². The predicted octanol–water partition coefficient (Wildman–Crippen LogP) is 7.08. The normalized spacial score (nSPS) is 11.2.